The number of hydrogen-bond donors (Lipinski definition) is 3. The topological polar surface area (TPSA) is 89.8 Å². The van der Waals surface area contributed by atoms with Crippen molar-refractivity contribution in [3.8, 4) is 11.3 Å². The molecule has 1 heterocycles. The third kappa shape index (κ3) is 2.20. The molecule has 18 heavy (non-hydrogen) atoms. The second-order valence-electron chi connectivity index (χ2n) is 3.85. The van der Waals surface area contributed by atoms with Gasteiger partial charge < -0.3 is 11.5 Å². The molecule has 0 aliphatic rings. The largest absolute Gasteiger partial charge is 0.374 e. The standard InChI is InChI=1S/C12H14N4OS/c13-7-6-9-10(8-4-2-1-3-5-8)15-16(11(9)17)12(14)18/h1-5,15H,6-7,13H2,(H2,14,18). The van der Waals surface area contributed by atoms with Crippen molar-refractivity contribution in [1.29, 1.82) is 0 Å². The van der Waals surface area contributed by atoms with Gasteiger partial charge in [0.1, 0.15) is 0 Å². The average Bonchev–Trinajstić information content (AvgIpc) is 2.69. The number of nitrogens with two attached hydrogens (primary N) is 2. The summed E-state index contributed by atoms with van der Waals surface area (Å²) in [5.41, 5.74) is 13.0. The minimum atomic E-state index is -0.230. The fraction of sp³-hybridized carbons (Fsp3) is 0.167. The number of hydrogen-bond acceptors (Lipinski definition) is 3. The molecule has 0 fully saturated rings. The Morgan fingerprint density at radius 1 is 1.33 bits per heavy atom. The zero-order chi connectivity index (χ0) is 13.1. The van der Waals surface area contributed by atoms with Crippen LogP contribution in [0.5, 0.6) is 0 Å². The van der Waals surface area contributed by atoms with E-state index in [2.05, 4.69) is 5.10 Å². The Labute approximate surface area is 109 Å². The molecule has 0 radical (unpaired) electrons. The van der Waals surface area contributed by atoms with Gasteiger partial charge in [0.2, 0.25) is 0 Å². The van der Waals surface area contributed by atoms with Crippen molar-refractivity contribution in [2.75, 3.05) is 6.54 Å². The summed E-state index contributed by atoms with van der Waals surface area (Å²) in [5.74, 6) is 0. The van der Waals surface area contributed by atoms with Gasteiger partial charge in [-0.1, -0.05) is 30.3 Å². The Hall–Kier alpha value is -1.92. The summed E-state index contributed by atoms with van der Waals surface area (Å²) in [4.78, 5) is 12.1. The van der Waals surface area contributed by atoms with Crippen LogP contribution in [-0.4, -0.2) is 21.4 Å². The Bertz CT molecular complexity index is 615. The highest BCUT2D eigenvalue weighted by molar-refractivity contribution is 7.80. The molecule has 2 aromatic rings. The normalized spacial score (nSPS) is 10.5. The lowest BCUT2D eigenvalue weighted by atomic mass is 10.1. The predicted octanol–water partition coefficient (Wildman–Crippen LogP) is 0.436. The Morgan fingerprint density at radius 3 is 2.56 bits per heavy atom. The van der Waals surface area contributed by atoms with Gasteiger partial charge in [0.25, 0.3) is 5.56 Å². The van der Waals surface area contributed by atoms with E-state index in [1.165, 1.54) is 4.68 Å². The summed E-state index contributed by atoms with van der Waals surface area (Å²) in [7, 11) is 0. The molecule has 0 amide bonds. The first-order valence-corrected chi connectivity index (χ1v) is 5.95. The van der Waals surface area contributed by atoms with Crippen LogP contribution in [0.15, 0.2) is 35.1 Å². The summed E-state index contributed by atoms with van der Waals surface area (Å²) in [6.45, 7) is 0.393. The molecule has 0 saturated heterocycles. The Morgan fingerprint density at radius 2 is 2.00 bits per heavy atom. The van der Waals surface area contributed by atoms with Gasteiger partial charge in [-0.05, 0) is 30.7 Å². The fourth-order valence-corrected chi connectivity index (χ4v) is 1.98. The summed E-state index contributed by atoms with van der Waals surface area (Å²) < 4.78 is 1.17. The van der Waals surface area contributed by atoms with E-state index in [0.717, 1.165) is 11.3 Å². The number of rotatable bonds is 3. The van der Waals surface area contributed by atoms with Crippen LogP contribution in [0.3, 0.4) is 0 Å². The van der Waals surface area contributed by atoms with Gasteiger partial charge in [-0.2, -0.15) is 4.68 Å². The van der Waals surface area contributed by atoms with Crippen LogP contribution < -0.4 is 17.0 Å². The lowest BCUT2D eigenvalue weighted by Crippen LogP contribution is -2.31. The smallest absolute Gasteiger partial charge is 0.277 e. The number of nitrogens with one attached hydrogen (secondary N) is 1. The molecule has 1 aromatic carbocycles. The molecular formula is C12H14N4OS. The molecule has 2 rings (SSSR count). The summed E-state index contributed by atoms with van der Waals surface area (Å²) >= 11 is 4.83. The zero-order valence-corrected chi connectivity index (χ0v) is 10.5. The monoisotopic (exact) mass is 262 g/mol. The predicted molar refractivity (Wildman–Crippen MR) is 75.4 cm³/mol. The van der Waals surface area contributed by atoms with Crippen molar-refractivity contribution in [3.05, 3.63) is 46.2 Å². The second-order valence-corrected chi connectivity index (χ2v) is 4.27. The lowest BCUT2D eigenvalue weighted by Gasteiger charge is -2.00. The first-order valence-electron chi connectivity index (χ1n) is 5.54. The Kier molecular flexibility index (Phi) is 3.59. The number of aromatic nitrogens is 2. The average molecular weight is 262 g/mol. The van der Waals surface area contributed by atoms with E-state index < -0.39 is 0 Å². The van der Waals surface area contributed by atoms with E-state index in [1.54, 1.807) is 0 Å². The molecule has 0 spiro atoms. The van der Waals surface area contributed by atoms with Crippen LogP contribution >= 0.6 is 12.2 Å². The minimum Gasteiger partial charge on any atom is -0.374 e. The van der Waals surface area contributed by atoms with Crippen LogP contribution in [0.2, 0.25) is 0 Å². The minimum absolute atomic E-state index is 0.000419. The zero-order valence-electron chi connectivity index (χ0n) is 9.72. The molecule has 1 aromatic heterocycles. The maximum absolute atomic E-state index is 12.1. The quantitative estimate of drug-likeness (QED) is 0.700. The van der Waals surface area contributed by atoms with E-state index in [1.807, 2.05) is 30.3 Å². The van der Waals surface area contributed by atoms with Crippen LogP contribution in [0.1, 0.15) is 5.56 Å². The highest BCUT2D eigenvalue weighted by Crippen LogP contribution is 2.19. The molecule has 94 valence electrons. The van der Waals surface area contributed by atoms with Crippen LogP contribution in [0.25, 0.3) is 11.3 Å². The summed E-state index contributed by atoms with van der Waals surface area (Å²) in [6, 6.07) is 9.54. The summed E-state index contributed by atoms with van der Waals surface area (Å²) in [6.07, 6.45) is 0.481. The van der Waals surface area contributed by atoms with Gasteiger partial charge in [0.15, 0.2) is 5.11 Å². The van der Waals surface area contributed by atoms with Gasteiger partial charge in [-0.15, -0.1) is 0 Å². The molecule has 0 aliphatic heterocycles. The maximum Gasteiger partial charge on any atom is 0.277 e. The lowest BCUT2D eigenvalue weighted by molar-refractivity contribution is 0.899. The molecule has 0 unspecified atom stereocenters. The van der Waals surface area contributed by atoms with E-state index in [-0.39, 0.29) is 10.7 Å². The fourth-order valence-electron chi connectivity index (χ4n) is 1.85. The molecule has 6 heteroatoms. The van der Waals surface area contributed by atoms with Gasteiger partial charge in [0.05, 0.1) is 5.69 Å². The molecule has 0 saturated carbocycles. The Balaban J connectivity index is 2.63. The third-order valence-electron chi connectivity index (χ3n) is 2.66. The van der Waals surface area contributed by atoms with Gasteiger partial charge >= 0.3 is 0 Å². The SMILES string of the molecule is NCCc1c(-c2ccccc2)[nH]n(C(N)=S)c1=O. The van der Waals surface area contributed by atoms with Crippen molar-refractivity contribution < 1.29 is 0 Å². The highest BCUT2D eigenvalue weighted by Gasteiger charge is 2.15. The van der Waals surface area contributed by atoms with Crippen LogP contribution in [-0.2, 0) is 6.42 Å². The van der Waals surface area contributed by atoms with Crippen LogP contribution in [0.4, 0.5) is 0 Å². The number of benzene rings is 1. The molecule has 5 nitrogen and oxygen atoms in total. The number of thiocarbonyl (C=S) groups is 1. The van der Waals surface area contributed by atoms with Gasteiger partial charge in [-0.3, -0.25) is 9.89 Å². The first-order chi connectivity index (χ1) is 8.65. The number of H-pyrrole nitrogens is 1. The van der Waals surface area contributed by atoms with E-state index in [0.29, 0.717) is 18.5 Å². The molecule has 0 atom stereocenters. The van der Waals surface area contributed by atoms with Crippen molar-refractivity contribution in [2.45, 2.75) is 6.42 Å². The maximum atomic E-state index is 12.1. The molecule has 0 bridgehead atoms. The van der Waals surface area contributed by atoms with Crippen molar-refractivity contribution in [2.24, 2.45) is 11.5 Å². The molecular weight excluding hydrogens is 248 g/mol. The van der Waals surface area contributed by atoms with Crippen molar-refractivity contribution >= 4 is 17.3 Å². The van der Waals surface area contributed by atoms with Crippen LogP contribution in [0, 0.1) is 0 Å². The van der Waals surface area contributed by atoms with Crippen molar-refractivity contribution in [3.63, 3.8) is 0 Å². The second kappa shape index (κ2) is 5.16. The van der Waals surface area contributed by atoms with Crippen molar-refractivity contribution in [1.82, 2.24) is 9.78 Å². The van der Waals surface area contributed by atoms with E-state index in [4.69, 9.17) is 23.7 Å². The number of aromatic amines is 1. The van der Waals surface area contributed by atoms with Gasteiger partial charge in [-0.25, -0.2) is 0 Å². The first kappa shape index (κ1) is 12.5. The van der Waals surface area contributed by atoms with Gasteiger partial charge in [0, 0.05) is 5.56 Å². The summed E-state index contributed by atoms with van der Waals surface area (Å²) in [5, 5.41) is 2.93. The molecule has 0 aliphatic carbocycles. The van der Waals surface area contributed by atoms with E-state index in [9.17, 15) is 4.79 Å². The van der Waals surface area contributed by atoms with E-state index >= 15 is 0 Å². The molecule has 5 N–H and O–H groups in total. The number of nitrogens with zero attached hydrogens (tertiary/aromatic N) is 1. The highest BCUT2D eigenvalue weighted by atomic mass is 32.1. The third-order valence-corrected chi connectivity index (χ3v) is 2.85.